The third-order valence-corrected chi connectivity index (χ3v) is 7.89. The highest BCUT2D eigenvalue weighted by molar-refractivity contribution is 7.91. The van der Waals surface area contributed by atoms with Crippen molar-refractivity contribution in [1.29, 1.82) is 0 Å². The summed E-state index contributed by atoms with van der Waals surface area (Å²) >= 11 is 0. The van der Waals surface area contributed by atoms with E-state index in [9.17, 15) is 22.7 Å². The topological polar surface area (TPSA) is 76.4 Å². The van der Waals surface area contributed by atoms with Gasteiger partial charge in [0.25, 0.3) is 0 Å². The monoisotopic (exact) mass is 441 g/mol. The van der Waals surface area contributed by atoms with Crippen molar-refractivity contribution in [3.05, 3.63) is 82.4 Å². The van der Waals surface area contributed by atoms with Crippen LogP contribution in [0.5, 0.6) is 0 Å². The van der Waals surface area contributed by atoms with E-state index >= 15 is 0 Å². The van der Waals surface area contributed by atoms with Gasteiger partial charge >= 0.3 is 5.97 Å². The molecule has 0 unspecified atom stereocenters. The highest BCUT2D eigenvalue weighted by Crippen LogP contribution is 2.33. The summed E-state index contributed by atoms with van der Waals surface area (Å²) in [7, 11) is -3.82. The predicted molar refractivity (Wildman–Crippen MR) is 115 cm³/mol. The molecule has 0 spiro atoms. The van der Waals surface area contributed by atoms with Crippen molar-refractivity contribution >= 4 is 15.8 Å². The van der Waals surface area contributed by atoms with Gasteiger partial charge in [-0.05, 0) is 79.6 Å². The molecule has 0 amide bonds. The normalized spacial score (nSPS) is 13.7. The lowest BCUT2D eigenvalue weighted by Crippen LogP contribution is -2.15. The van der Waals surface area contributed by atoms with Crippen molar-refractivity contribution in [1.82, 2.24) is 4.57 Å². The maximum atomic E-state index is 13.3. The third-order valence-electron chi connectivity index (χ3n) is 6.02. The molecule has 162 valence electrons. The first kappa shape index (κ1) is 21.3. The van der Waals surface area contributed by atoms with Crippen LogP contribution in [0.4, 0.5) is 4.39 Å². The number of rotatable bonds is 6. The SMILES string of the molecule is Cc1c(Cc2ccccc2S(=O)(=O)c2ccc(F)cc2)c2c(n1CC(=O)O)CCCC2. The fourth-order valence-electron chi connectivity index (χ4n) is 4.52. The van der Waals surface area contributed by atoms with Gasteiger partial charge in [-0.15, -0.1) is 0 Å². The summed E-state index contributed by atoms with van der Waals surface area (Å²) in [4.78, 5) is 11.7. The average molecular weight is 442 g/mol. The van der Waals surface area contributed by atoms with E-state index in [2.05, 4.69) is 0 Å². The Morgan fingerprint density at radius 2 is 1.74 bits per heavy atom. The van der Waals surface area contributed by atoms with E-state index < -0.39 is 21.6 Å². The predicted octanol–water partition coefficient (Wildman–Crippen LogP) is 4.32. The molecule has 0 fully saturated rings. The van der Waals surface area contributed by atoms with E-state index in [0.717, 1.165) is 60.3 Å². The van der Waals surface area contributed by atoms with E-state index in [0.29, 0.717) is 12.0 Å². The van der Waals surface area contributed by atoms with Crippen LogP contribution >= 0.6 is 0 Å². The van der Waals surface area contributed by atoms with E-state index in [1.54, 1.807) is 24.3 Å². The fourth-order valence-corrected chi connectivity index (χ4v) is 6.01. The van der Waals surface area contributed by atoms with Gasteiger partial charge in [-0.1, -0.05) is 18.2 Å². The lowest BCUT2D eigenvalue weighted by atomic mass is 9.91. The highest BCUT2D eigenvalue weighted by atomic mass is 32.2. The minimum absolute atomic E-state index is 0.0450. The fraction of sp³-hybridized carbons (Fsp3) is 0.292. The Kier molecular flexibility index (Phi) is 5.71. The Balaban J connectivity index is 1.80. The molecule has 1 heterocycles. The quantitative estimate of drug-likeness (QED) is 0.578. The minimum atomic E-state index is -3.82. The molecule has 31 heavy (non-hydrogen) atoms. The number of aliphatic carboxylic acids is 1. The number of aromatic nitrogens is 1. The zero-order valence-corrected chi connectivity index (χ0v) is 18.1. The summed E-state index contributed by atoms with van der Waals surface area (Å²) in [6.45, 7) is 1.82. The summed E-state index contributed by atoms with van der Waals surface area (Å²) in [5.74, 6) is -1.38. The summed E-state index contributed by atoms with van der Waals surface area (Å²) in [6, 6.07) is 11.7. The molecule has 4 rings (SSSR count). The number of fused-ring (bicyclic) bond motifs is 1. The van der Waals surface area contributed by atoms with E-state index in [1.807, 2.05) is 11.5 Å². The molecule has 1 aliphatic rings. The zero-order chi connectivity index (χ0) is 22.2. The second-order valence-corrected chi connectivity index (χ2v) is 9.84. The van der Waals surface area contributed by atoms with Crippen LogP contribution in [0.25, 0.3) is 0 Å². The number of benzene rings is 2. The van der Waals surface area contributed by atoms with E-state index in [1.165, 1.54) is 12.1 Å². The summed E-state index contributed by atoms with van der Waals surface area (Å²) < 4.78 is 41.7. The minimum Gasteiger partial charge on any atom is -0.480 e. The van der Waals surface area contributed by atoms with Crippen molar-refractivity contribution in [2.45, 2.75) is 55.4 Å². The van der Waals surface area contributed by atoms with Crippen LogP contribution < -0.4 is 0 Å². The van der Waals surface area contributed by atoms with Gasteiger partial charge in [0.1, 0.15) is 12.4 Å². The number of hydrogen-bond donors (Lipinski definition) is 1. The Morgan fingerprint density at radius 3 is 2.45 bits per heavy atom. The van der Waals surface area contributed by atoms with Crippen LogP contribution in [0.2, 0.25) is 0 Å². The Labute approximate surface area is 181 Å². The number of halogens is 1. The molecule has 3 aromatic rings. The maximum absolute atomic E-state index is 13.3. The number of sulfone groups is 1. The molecule has 1 aromatic heterocycles. The highest BCUT2D eigenvalue weighted by Gasteiger charge is 2.26. The molecule has 0 aliphatic heterocycles. The number of carbonyl (C=O) groups is 1. The molecule has 0 saturated heterocycles. The van der Waals surface area contributed by atoms with Crippen molar-refractivity contribution in [2.24, 2.45) is 0 Å². The van der Waals surface area contributed by atoms with Gasteiger partial charge in [-0.3, -0.25) is 4.79 Å². The third kappa shape index (κ3) is 4.02. The van der Waals surface area contributed by atoms with Gasteiger partial charge in [0.2, 0.25) is 9.84 Å². The Bertz CT molecular complexity index is 1240. The maximum Gasteiger partial charge on any atom is 0.323 e. The number of nitrogens with zero attached hydrogens (tertiary/aromatic N) is 1. The van der Waals surface area contributed by atoms with Crippen LogP contribution in [0.1, 0.15) is 40.9 Å². The van der Waals surface area contributed by atoms with Gasteiger partial charge in [0.15, 0.2) is 0 Å². The Hall–Kier alpha value is -2.93. The summed E-state index contributed by atoms with van der Waals surface area (Å²) in [6.07, 6.45) is 4.15. The molecular formula is C24H24FNO4S. The standard InChI is InChI=1S/C24H24FNO4S/c1-16-21(20-7-3-4-8-22(20)26(16)15-24(27)28)14-17-6-2-5-9-23(17)31(29,30)19-12-10-18(25)11-13-19/h2,5-6,9-13H,3-4,7-8,14-15H2,1H3,(H,27,28). The molecule has 5 nitrogen and oxygen atoms in total. The van der Waals surface area contributed by atoms with Gasteiger partial charge in [-0.25, -0.2) is 12.8 Å². The second-order valence-electron chi connectivity index (χ2n) is 7.92. The van der Waals surface area contributed by atoms with Gasteiger partial charge in [0.05, 0.1) is 9.79 Å². The van der Waals surface area contributed by atoms with Crippen LogP contribution in [0.15, 0.2) is 58.3 Å². The first-order chi connectivity index (χ1) is 14.8. The molecule has 0 atom stereocenters. The molecule has 1 N–H and O–H groups in total. The molecule has 0 saturated carbocycles. The van der Waals surface area contributed by atoms with Crippen LogP contribution in [0.3, 0.4) is 0 Å². The number of carboxylic acid groups (broad SMARTS) is 1. The average Bonchev–Trinajstić information content (AvgIpc) is 3.00. The van der Waals surface area contributed by atoms with Gasteiger partial charge < -0.3 is 9.67 Å². The summed E-state index contributed by atoms with van der Waals surface area (Å²) in [5, 5.41) is 9.36. The lowest BCUT2D eigenvalue weighted by Gasteiger charge is -2.16. The number of carboxylic acids is 1. The van der Waals surface area contributed by atoms with Crippen molar-refractivity contribution < 1.29 is 22.7 Å². The second kappa shape index (κ2) is 8.30. The molecule has 0 radical (unpaired) electrons. The molecule has 0 bridgehead atoms. The van der Waals surface area contributed by atoms with Crippen molar-refractivity contribution in [3.63, 3.8) is 0 Å². The van der Waals surface area contributed by atoms with Gasteiger partial charge in [-0.2, -0.15) is 0 Å². The Morgan fingerprint density at radius 1 is 1.06 bits per heavy atom. The number of hydrogen-bond acceptors (Lipinski definition) is 3. The van der Waals surface area contributed by atoms with E-state index in [4.69, 9.17) is 0 Å². The van der Waals surface area contributed by atoms with Gasteiger partial charge in [0, 0.05) is 17.8 Å². The lowest BCUT2D eigenvalue weighted by molar-refractivity contribution is -0.137. The largest absolute Gasteiger partial charge is 0.480 e. The van der Waals surface area contributed by atoms with E-state index in [-0.39, 0.29) is 16.3 Å². The smallest absolute Gasteiger partial charge is 0.323 e. The van der Waals surface area contributed by atoms with Crippen molar-refractivity contribution in [3.8, 4) is 0 Å². The molecule has 1 aliphatic carbocycles. The summed E-state index contributed by atoms with van der Waals surface area (Å²) in [5.41, 5.74) is 4.75. The molecule has 7 heteroatoms. The first-order valence-electron chi connectivity index (χ1n) is 10.3. The molecule has 2 aromatic carbocycles. The molecular weight excluding hydrogens is 417 g/mol. The van der Waals surface area contributed by atoms with Crippen LogP contribution in [-0.4, -0.2) is 24.1 Å². The first-order valence-corrected chi connectivity index (χ1v) is 11.8. The zero-order valence-electron chi connectivity index (χ0n) is 17.3. The van der Waals surface area contributed by atoms with Crippen LogP contribution in [-0.2, 0) is 40.4 Å². The van der Waals surface area contributed by atoms with Crippen LogP contribution in [0, 0.1) is 12.7 Å². The van der Waals surface area contributed by atoms with Crippen molar-refractivity contribution in [2.75, 3.05) is 0 Å².